The lowest BCUT2D eigenvalue weighted by atomic mass is 10.0. The van der Waals surface area contributed by atoms with Crippen molar-refractivity contribution >= 4 is 0 Å². The molecule has 0 heterocycles. The molecule has 0 aliphatic heterocycles. The highest BCUT2D eigenvalue weighted by Gasteiger charge is 2.13. The highest BCUT2D eigenvalue weighted by atomic mass is 16.5. The summed E-state index contributed by atoms with van der Waals surface area (Å²) in [4.78, 5) is 0. The van der Waals surface area contributed by atoms with E-state index in [4.69, 9.17) is 9.47 Å². The molecule has 0 spiro atoms. The first kappa shape index (κ1) is 14.4. The van der Waals surface area contributed by atoms with E-state index in [0.717, 1.165) is 11.1 Å². The molecule has 106 valence electrons. The van der Waals surface area contributed by atoms with Gasteiger partial charge in [-0.2, -0.15) is 0 Å². The Morgan fingerprint density at radius 3 is 2.15 bits per heavy atom. The quantitative estimate of drug-likeness (QED) is 0.873. The molecule has 3 heteroatoms. The summed E-state index contributed by atoms with van der Waals surface area (Å²) in [5.41, 5.74) is 1.65. The minimum atomic E-state index is -0.661. The monoisotopic (exact) mass is 272 g/mol. The summed E-state index contributed by atoms with van der Waals surface area (Å²) in [6, 6.07) is 15.1. The van der Waals surface area contributed by atoms with Crippen LogP contribution in [0.1, 0.15) is 31.1 Å². The van der Waals surface area contributed by atoms with Gasteiger partial charge in [-0.3, -0.25) is 0 Å². The molecule has 0 bridgehead atoms. The molecule has 1 N–H and O–H groups in total. The largest absolute Gasteiger partial charge is 0.490 e. The van der Waals surface area contributed by atoms with E-state index in [1.54, 1.807) is 0 Å². The number of rotatable bonds is 6. The van der Waals surface area contributed by atoms with Gasteiger partial charge in [0.15, 0.2) is 11.5 Å². The summed E-state index contributed by atoms with van der Waals surface area (Å²) in [7, 11) is 0. The summed E-state index contributed by atoms with van der Waals surface area (Å²) >= 11 is 0. The number of hydrogen-bond donors (Lipinski definition) is 1. The fraction of sp³-hybridized carbons (Fsp3) is 0.294. The van der Waals surface area contributed by atoms with Gasteiger partial charge in [-0.1, -0.05) is 36.4 Å². The number of aliphatic hydroxyl groups is 1. The SMILES string of the molecule is CCOc1ccc(C(O)c2ccccc2)cc1OCC. The van der Waals surface area contributed by atoms with E-state index < -0.39 is 6.10 Å². The molecule has 1 unspecified atom stereocenters. The maximum Gasteiger partial charge on any atom is 0.161 e. The van der Waals surface area contributed by atoms with Crippen molar-refractivity contribution in [3.8, 4) is 11.5 Å². The van der Waals surface area contributed by atoms with Crippen molar-refractivity contribution in [2.75, 3.05) is 13.2 Å². The lowest BCUT2D eigenvalue weighted by Crippen LogP contribution is -2.03. The molecule has 0 aromatic heterocycles. The van der Waals surface area contributed by atoms with Gasteiger partial charge in [0.2, 0.25) is 0 Å². The average Bonchev–Trinajstić information content (AvgIpc) is 2.50. The molecule has 2 rings (SSSR count). The van der Waals surface area contributed by atoms with Crippen molar-refractivity contribution in [1.29, 1.82) is 0 Å². The van der Waals surface area contributed by atoms with Crippen LogP contribution in [0.15, 0.2) is 48.5 Å². The maximum absolute atomic E-state index is 10.4. The first-order chi connectivity index (χ1) is 9.76. The molecule has 3 nitrogen and oxygen atoms in total. The van der Waals surface area contributed by atoms with Crippen LogP contribution in [-0.4, -0.2) is 18.3 Å². The zero-order chi connectivity index (χ0) is 14.4. The maximum atomic E-state index is 10.4. The van der Waals surface area contributed by atoms with Crippen molar-refractivity contribution in [2.45, 2.75) is 20.0 Å². The van der Waals surface area contributed by atoms with Gasteiger partial charge in [-0.15, -0.1) is 0 Å². The molecule has 0 saturated carbocycles. The molecule has 2 aromatic carbocycles. The molecule has 0 amide bonds. The fourth-order valence-electron chi connectivity index (χ4n) is 2.07. The van der Waals surface area contributed by atoms with Gasteiger partial charge < -0.3 is 14.6 Å². The van der Waals surface area contributed by atoms with Crippen LogP contribution in [-0.2, 0) is 0 Å². The van der Waals surface area contributed by atoms with Crippen molar-refractivity contribution in [1.82, 2.24) is 0 Å². The molecular formula is C17H20O3. The Morgan fingerprint density at radius 1 is 0.850 bits per heavy atom. The van der Waals surface area contributed by atoms with Crippen molar-refractivity contribution < 1.29 is 14.6 Å². The third kappa shape index (κ3) is 3.31. The number of aliphatic hydroxyl groups excluding tert-OH is 1. The normalized spacial score (nSPS) is 11.9. The number of benzene rings is 2. The Morgan fingerprint density at radius 2 is 1.50 bits per heavy atom. The minimum absolute atomic E-state index is 0.560. The highest BCUT2D eigenvalue weighted by Crippen LogP contribution is 2.32. The van der Waals surface area contributed by atoms with Crippen LogP contribution in [0.25, 0.3) is 0 Å². The fourth-order valence-corrected chi connectivity index (χ4v) is 2.07. The highest BCUT2D eigenvalue weighted by molar-refractivity contribution is 5.45. The van der Waals surface area contributed by atoms with Crippen molar-refractivity contribution in [3.63, 3.8) is 0 Å². The van der Waals surface area contributed by atoms with Gasteiger partial charge in [0.05, 0.1) is 13.2 Å². The van der Waals surface area contributed by atoms with Crippen molar-refractivity contribution in [3.05, 3.63) is 59.7 Å². The first-order valence-corrected chi connectivity index (χ1v) is 6.88. The second-order valence-corrected chi connectivity index (χ2v) is 4.39. The molecule has 0 aliphatic rings. The van der Waals surface area contributed by atoms with Gasteiger partial charge >= 0.3 is 0 Å². The molecule has 0 aliphatic carbocycles. The molecular weight excluding hydrogens is 252 g/mol. The molecule has 0 fully saturated rings. The summed E-state index contributed by atoms with van der Waals surface area (Å²) in [6.45, 7) is 5.00. The second kappa shape index (κ2) is 6.96. The Hall–Kier alpha value is -2.00. The van der Waals surface area contributed by atoms with E-state index >= 15 is 0 Å². The van der Waals surface area contributed by atoms with E-state index in [9.17, 15) is 5.11 Å². The summed E-state index contributed by atoms with van der Waals surface area (Å²) in [5.74, 6) is 1.38. The Labute approximate surface area is 119 Å². The average molecular weight is 272 g/mol. The van der Waals surface area contributed by atoms with E-state index in [-0.39, 0.29) is 0 Å². The predicted molar refractivity (Wildman–Crippen MR) is 79.3 cm³/mol. The van der Waals surface area contributed by atoms with Gasteiger partial charge in [0.25, 0.3) is 0 Å². The van der Waals surface area contributed by atoms with Crippen LogP contribution in [0, 0.1) is 0 Å². The van der Waals surface area contributed by atoms with Crippen LogP contribution >= 0.6 is 0 Å². The summed E-state index contributed by atoms with van der Waals surface area (Å²) < 4.78 is 11.1. The standard InChI is InChI=1S/C17H20O3/c1-3-19-15-11-10-14(12-16(15)20-4-2)17(18)13-8-6-5-7-9-13/h5-12,17-18H,3-4H2,1-2H3. The third-order valence-electron chi connectivity index (χ3n) is 3.00. The molecule has 1 atom stereocenters. The number of hydrogen-bond acceptors (Lipinski definition) is 3. The molecule has 0 radical (unpaired) electrons. The van der Waals surface area contributed by atoms with Crippen LogP contribution < -0.4 is 9.47 Å². The topological polar surface area (TPSA) is 38.7 Å². The van der Waals surface area contributed by atoms with E-state index in [0.29, 0.717) is 24.7 Å². The zero-order valence-corrected chi connectivity index (χ0v) is 11.9. The zero-order valence-electron chi connectivity index (χ0n) is 11.9. The summed E-state index contributed by atoms with van der Waals surface area (Å²) in [5, 5.41) is 10.4. The van der Waals surface area contributed by atoms with Crippen LogP contribution in [0.5, 0.6) is 11.5 Å². The Bertz CT molecular complexity index is 537. The van der Waals surface area contributed by atoms with Gasteiger partial charge in [0.1, 0.15) is 6.10 Å². The summed E-state index contributed by atoms with van der Waals surface area (Å²) in [6.07, 6.45) is -0.661. The van der Waals surface area contributed by atoms with Gasteiger partial charge in [-0.25, -0.2) is 0 Å². The Kier molecular flexibility index (Phi) is 5.02. The van der Waals surface area contributed by atoms with Crippen LogP contribution in [0.2, 0.25) is 0 Å². The second-order valence-electron chi connectivity index (χ2n) is 4.39. The predicted octanol–water partition coefficient (Wildman–Crippen LogP) is 3.57. The minimum Gasteiger partial charge on any atom is -0.490 e. The lowest BCUT2D eigenvalue weighted by Gasteiger charge is -2.16. The van der Waals surface area contributed by atoms with Gasteiger partial charge in [-0.05, 0) is 37.1 Å². The smallest absolute Gasteiger partial charge is 0.161 e. The van der Waals surface area contributed by atoms with E-state index in [2.05, 4.69) is 0 Å². The first-order valence-electron chi connectivity index (χ1n) is 6.88. The van der Waals surface area contributed by atoms with Crippen LogP contribution in [0.3, 0.4) is 0 Å². The van der Waals surface area contributed by atoms with E-state index in [1.807, 2.05) is 62.4 Å². The number of ether oxygens (including phenoxy) is 2. The van der Waals surface area contributed by atoms with Gasteiger partial charge in [0, 0.05) is 0 Å². The third-order valence-corrected chi connectivity index (χ3v) is 3.00. The lowest BCUT2D eigenvalue weighted by molar-refractivity contribution is 0.218. The molecule has 0 saturated heterocycles. The molecule has 20 heavy (non-hydrogen) atoms. The molecule has 2 aromatic rings. The van der Waals surface area contributed by atoms with E-state index in [1.165, 1.54) is 0 Å². The Balaban J connectivity index is 2.30. The van der Waals surface area contributed by atoms with Crippen LogP contribution in [0.4, 0.5) is 0 Å². The van der Waals surface area contributed by atoms with Crippen molar-refractivity contribution in [2.24, 2.45) is 0 Å².